The summed E-state index contributed by atoms with van der Waals surface area (Å²) in [7, 11) is 6.14. The third-order valence-electron chi connectivity index (χ3n) is 6.88. The maximum Gasteiger partial charge on any atom is 0.317 e. The van der Waals surface area contributed by atoms with Gasteiger partial charge in [0, 0.05) is 74.4 Å². The Balaban J connectivity index is 1.63. The van der Waals surface area contributed by atoms with Gasteiger partial charge in [-0.25, -0.2) is 4.79 Å². The zero-order valence-corrected chi connectivity index (χ0v) is 19.5. The Hall–Kier alpha value is -2.65. The van der Waals surface area contributed by atoms with E-state index in [0.29, 0.717) is 12.0 Å². The second kappa shape index (κ2) is 8.84. The standard InChI is InChI=1S/C25H35N5O/c1-6-30(7-2)25(31)26-17-14-19-18-10-8-11-22-24(18)20(15-23(19)29(5)16-17)21(27-22)12-9-13-28(3)4/h8,10-11,17,19,23,27H,6-7,12,14-16H2,1-5H3,(H,26,31)/t17-,19+,23+/m0/s1. The van der Waals surface area contributed by atoms with Gasteiger partial charge in [-0.05, 0) is 50.9 Å². The van der Waals surface area contributed by atoms with Crippen LogP contribution in [0, 0.1) is 12.0 Å². The van der Waals surface area contributed by atoms with Crippen molar-refractivity contribution in [3.8, 4) is 12.0 Å². The minimum Gasteiger partial charge on any atom is -0.357 e. The summed E-state index contributed by atoms with van der Waals surface area (Å²) in [4.78, 5) is 22.5. The summed E-state index contributed by atoms with van der Waals surface area (Å²) in [6, 6.07) is 10.4. The van der Waals surface area contributed by atoms with Crippen LogP contribution in [-0.2, 0) is 12.8 Å². The van der Waals surface area contributed by atoms with Crippen LogP contribution in [-0.4, -0.2) is 78.6 Å². The van der Waals surface area contributed by atoms with Crippen molar-refractivity contribution < 1.29 is 4.79 Å². The highest BCUT2D eigenvalue weighted by molar-refractivity contribution is 5.90. The molecule has 6 heteroatoms. The van der Waals surface area contributed by atoms with Crippen LogP contribution in [0.5, 0.6) is 0 Å². The molecule has 2 N–H and O–H groups in total. The molecule has 166 valence electrons. The van der Waals surface area contributed by atoms with Gasteiger partial charge in [-0.15, -0.1) is 0 Å². The van der Waals surface area contributed by atoms with E-state index in [1.54, 1.807) is 0 Å². The molecule has 0 spiro atoms. The molecular formula is C25H35N5O. The highest BCUT2D eigenvalue weighted by atomic mass is 16.2. The zero-order chi connectivity index (χ0) is 22.1. The molecule has 2 aromatic rings. The third kappa shape index (κ3) is 4.12. The first-order valence-electron chi connectivity index (χ1n) is 11.5. The van der Waals surface area contributed by atoms with Crippen molar-refractivity contribution in [3.63, 3.8) is 0 Å². The van der Waals surface area contributed by atoms with Crippen LogP contribution in [0.25, 0.3) is 10.9 Å². The molecule has 1 aromatic heterocycles. The van der Waals surface area contributed by atoms with Crippen molar-refractivity contribution in [1.29, 1.82) is 0 Å². The average molecular weight is 422 g/mol. The fourth-order valence-corrected chi connectivity index (χ4v) is 5.42. The highest BCUT2D eigenvalue weighted by Crippen LogP contribution is 2.44. The number of urea groups is 1. The number of amides is 2. The van der Waals surface area contributed by atoms with Crippen molar-refractivity contribution in [3.05, 3.63) is 35.0 Å². The van der Waals surface area contributed by atoms with E-state index < -0.39 is 0 Å². The molecule has 2 aliphatic rings. The number of carbonyl (C=O) groups excluding carboxylic acids is 1. The van der Waals surface area contributed by atoms with E-state index in [1.807, 2.05) is 37.7 Å². The molecule has 1 aliphatic carbocycles. The van der Waals surface area contributed by atoms with Gasteiger partial charge in [-0.2, -0.15) is 0 Å². The Kier molecular flexibility index (Phi) is 6.15. The van der Waals surface area contributed by atoms with Gasteiger partial charge in [0.2, 0.25) is 0 Å². The Bertz CT molecular complexity index is 1010. The Morgan fingerprint density at radius 2 is 2.06 bits per heavy atom. The maximum atomic E-state index is 12.7. The lowest BCUT2D eigenvalue weighted by atomic mass is 9.73. The molecular weight excluding hydrogens is 386 g/mol. The van der Waals surface area contributed by atoms with Gasteiger partial charge < -0.3 is 25.0 Å². The van der Waals surface area contributed by atoms with Gasteiger partial charge >= 0.3 is 6.03 Å². The maximum absolute atomic E-state index is 12.7. The molecule has 1 fully saturated rings. The lowest BCUT2D eigenvalue weighted by Gasteiger charge is -2.46. The summed E-state index contributed by atoms with van der Waals surface area (Å²) in [5, 5.41) is 4.68. The van der Waals surface area contributed by atoms with Crippen LogP contribution < -0.4 is 5.32 Å². The van der Waals surface area contributed by atoms with Crippen molar-refractivity contribution >= 4 is 16.9 Å². The normalized spacial score (nSPS) is 22.4. The molecule has 2 heterocycles. The fraction of sp³-hybridized carbons (Fsp3) is 0.560. The van der Waals surface area contributed by atoms with Crippen LogP contribution in [0.3, 0.4) is 0 Å². The summed E-state index contributed by atoms with van der Waals surface area (Å²) >= 11 is 0. The summed E-state index contributed by atoms with van der Waals surface area (Å²) in [5.41, 5.74) is 5.31. The van der Waals surface area contributed by atoms with E-state index in [1.165, 1.54) is 27.7 Å². The second-order valence-corrected chi connectivity index (χ2v) is 9.08. The van der Waals surface area contributed by atoms with E-state index in [9.17, 15) is 4.79 Å². The number of benzene rings is 1. The quantitative estimate of drug-likeness (QED) is 0.590. The second-order valence-electron chi connectivity index (χ2n) is 9.08. The highest BCUT2D eigenvalue weighted by Gasteiger charge is 2.40. The minimum absolute atomic E-state index is 0.0555. The first kappa shape index (κ1) is 21.6. The van der Waals surface area contributed by atoms with Crippen LogP contribution in [0.1, 0.15) is 43.0 Å². The predicted molar refractivity (Wildman–Crippen MR) is 126 cm³/mol. The van der Waals surface area contributed by atoms with Gasteiger partial charge in [0.1, 0.15) is 0 Å². The van der Waals surface area contributed by atoms with Crippen LogP contribution in [0.15, 0.2) is 18.2 Å². The number of H-pyrrole nitrogens is 1. The van der Waals surface area contributed by atoms with Gasteiger partial charge in [-0.1, -0.05) is 18.1 Å². The number of likely N-dealkylation sites (N-methyl/N-ethyl adjacent to an activating group) is 1. The molecule has 0 unspecified atom stereocenters. The molecule has 0 radical (unpaired) electrons. The lowest BCUT2D eigenvalue weighted by Crippen LogP contribution is -2.56. The summed E-state index contributed by atoms with van der Waals surface area (Å²) in [6.07, 6.45) is 2.76. The van der Waals surface area contributed by atoms with Crippen LogP contribution >= 0.6 is 0 Å². The molecule has 0 saturated carbocycles. The number of nitrogens with one attached hydrogen (secondary N) is 2. The number of hydrogen-bond acceptors (Lipinski definition) is 3. The number of aromatic nitrogens is 1. The Labute approximate surface area is 186 Å². The monoisotopic (exact) mass is 421 g/mol. The first-order valence-corrected chi connectivity index (χ1v) is 11.5. The van der Waals surface area contributed by atoms with Gasteiger partial charge in [0.25, 0.3) is 0 Å². The Morgan fingerprint density at radius 3 is 2.77 bits per heavy atom. The van der Waals surface area contributed by atoms with Crippen LogP contribution in [0.2, 0.25) is 0 Å². The number of fused-ring (bicyclic) bond motifs is 2. The van der Waals surface area contributed by atoms with Crippen molar-refractivity contribution in [1.82, 2.24) is 25.0 Å². The number of hydrogen-bond donors (Lipinski definition) is 2. The number of aromatic amines is 1. The number of rotatable bonds is 4. The van der Waals surface area contributed by atoms with Crippen molar-refractivity contribution in [2.75, 3.05) is 40.8 Å². The summed E-state index contributed by atoms with van der Waals surface area (Å²) in [5.74, 6) is 3.72. The van der Waals surface area contributed by atoms with Gasteiger partial charge in [0.05, 0.1) is 6.42 Å². The SMILES string of the molecule is CCN(CC)C(=O)N[C@H]1C[C@@H]2c3cccc4[nH]c(CC#CN(C)C)c(c34)C[C@H]2N(C)C1. The van der Waals surface area contributed by atoms with Gasteiger partial charge in [-0.3, -0.25) is 0 Å². The van der Waals surface area contributed by atoms with Gasteiger partial charge in [0.15, 0.2) is 0 Å². The zero-order valence-electron chi connectivity index (χ0n) is 19.5. The molecule has 4 rings (SSSR count). The van der Waals surface area contributed by atoms with E-state index in [0.717, 1.165) is 38.9 Å². The summed E-state index contributed by atoms with van der Waals surface area (Å²) < 4.78 is 0. The molecule has 31 heavy (non-hydrogen) atoms. The topological polar surface area (TPSA) is 54.6 Å². The molecule has 0 bridgehead atoms. The minimum atomic E-state index is 0.0555. The Morgan fingerprint density at radius 1 is 1.29 bits per heavy atom. The van der Waals surface area contributed by atoms with E-state index in [4.69, 9.17) is 0 Å². The molecule has 2 amide bonds. The van der Waals surface area contributed by atoms with Crippen molar-refractivity contribution in [2.24, 2.45) is 0 Å². The van der Waals surface area contributed by atoms with Crippen LogP contribution in [0.4, 0.5) is 4.79 Å². The third-order valence-corrected chi connectivity index (χ3v) is 6.88. The molecule has 1 aromatic carbocycles. The molecule has 3 atom stereocenters. The molecule has 1 aliphatic heterocycles. The number of carbonyl (C=O) groups is 1. The number of piperidine rings is 1. The lowest BCUT2D eigenvalue weighted by molar-refractivity contribution is 0.124. The first-order chi connectivity index (χ1) is 14.9. The fourth-order valence-electron chi connectivity index (χ4n) is 5.42. The summed E-state index contributed by atoms with van der Waals surface area (Å²) in [6.45, 7) is 6.42. The van der Waals surface area contributed by atoms with Crippen molar-refractivity contribution in [2.45, 2.75) is 51.1 Å². The average Bonchev–Trinajstić information content (AvgIpc) is 3.08. The predicted octanol–water partition coefficient (Wildman–Crippen LogP) is 3.00. The van der Waals surface area contributed by atoms with E-state index in [2.05, 4.69) is 52.4 Å². The van der Waals surface area contributed by atoms with E-state index in [-0.39, 0.29) is 12.1 Å². The smallest absolute Gasteiger partial charge is 0.317 e. The largest absolute Gasteiger partial charge is 0.357 e. The number of nitrogens with zero attached hydrogens (tertiary/aromatic N) is 3. The molecule has 6 nitrogen and oxygen atoms in total. The van der Waals surface area contributed by atoms with E-state index >= 15 is 0 Å². The number of likely N-dealkylation sites (tertiary alicyclic amines) is 1. The molecule has 1 saturated heterocycles.